The van der Waals surface area contributed by atoms with E-state index in [0.717, 1.165) is 18.4 Å². The molecule has 0 aromatic carbocycles. The van der Waals surface area contributed by atoms with Crippen molar-refractivity contribution in [3.05, 3.63) is 29.8 Å². The van der Waals surface area contributed by atoms with Crippen LogP contribution in [0.4, 0.5) is 4.39 Å². The Morgan fingerprint density at radius 1 is 1.31 bits per heavy atom. The second-order valence-corrected chi connectivity index (χ2v) is 6.37. The van der Waals surface area contributed by atoms with Crippen LogP contribution in [0.25, 0.3) is 0 Å². The molecule has 16 heavy (non-hydrogen) atoms. The van der Waals surface area contributed by atoms with Crippen molar-refractivity contribution >= 4 is 11.8 Å². The number of hydrogen-bond donors (Lipinski definition) is 1. The largest absolute Gasteiger partial charge is 0.385 e. The normalized spacial score (nSPS) is 37.6. The maximum Gasteiger partial charge on any atom is 0.212 e. The molecule has 1 aromatic heterocycles. The molecule has 0 spiro atoms. The Morgan fingerprint density at radius 3 is 2.56 bits per heavy atom. The van der Waals surface area contributed by atoms with Crippen LogP contribution in [-0.4, -0.2) is 20.6 Å². The monoisotopic (exact) mass is 239 g/mol. The van der Waals surface area contributed by atoms with Crippen LogP contribution < -0.4 is 0 Å². The molecule has 1 N–H and O–H groups in total. The third-order valence-electron chi connectivity index (χ3n) is 3.59. The highest BCUT2D eigenvalue weighted by Crippen LogP contribution is 2.50. The summed E-state index contributed by atoms with van der Waals surface area (Å²) in [7, 11) is 0. The molecule has 1 aromatic rings. The molecule has 3 rings (SSSR count). The Kier molecular flexibility index (Phi) is 2.44. The molecule has 86 valence electrons. The molecule has 2 bridgehead atoms. The first kappa shape index (κ1) is 10.5. The van der Waals surface area contributed by atoms with Gasteiger partial charge in [-0.25, -0.2) is 4.98 Å². The fraction of sp³-hybridized carbons (Fsp3) is 0.583. The zero-order valence-electron chi connectivity index (χ0n) is 8.90. The van der Waals surface area contributed by atoms with Gasteiger partial charge in [0.25, 0.3) is 0 Å². The van der Waals surface area contributed by atoms with Gasteiger partial charge < -0.3 is 5.11 Å². The molecule has 2 aliphatic heterocycles. The van der Waals surface area contributed by atoms with Crippen molar-refractivity contribution in [2.24, 2.45) is 0 Å². The highest BCUT2D eigenvalue weighted by molar-refractivity contribution is 8.00. The standard InChI is InChI=1S/C12H14FNOS/c13-11-4-1-8(7-14-11)12(15)5-9-2-3-10(6-12)16-9/h1,4,7,9-10,15H,2-3,5-6H2. The number of pyridine rings is 1. The lowest BCUT2D eigenvalue weighted by Crippen LogP contribution is -2.34. The lowest BCUT2D eigenvalue weighted by molar-refractivity contribution is 0.0192. The lowest BCUT2D eigenvalue weighted by Gasteiger charge is -2.36. The van der Waals surface area contributed by atoms with Crippen LogP contribution in [0.2, 0.25) is 0 Å². The van der Waals surface area contributed by atoms with Gasteiger partial charge >= 0.3 is 0 Å². The summed E-state index contributed by atoms with van der Waals surface area (Å²) in [4.78, 5) is 3.64. The topological polar surface area (TPSA) is 33.1 Å². The second kappa shape index (κ2) is 3.70. The minimum Gasteiger partial charge on any atom is -0.385 e. The van der Waals surface area contributed by atoms with Gasteiger partial charge in [-0.3, -0.25) is 0 Å². The van der Waals surface area contributed by atoms with Gasteiger partial charge in [0.2, 0.25) is 5.95 Å². The lowest BCUT2D eigenvalue weighted by atomic mass is 9.87. The van der Waals surface area contributed by atoms with E-state index in [0.29, 0.717) is 10.5 Å². The van der Waals surface area contributed by atoms with E-state index in [4.69, 9.17) is 0 Å². The summed E-state index contributed by atoms with van der Waals surface area (Å²) in [6.07, 6.45) is 5.44. The van der Waals surface area contributed by atoms with Crippen molar-refractivity contribution in [1.29, 1.82) is 0 Å². The summed E-state index contributed by atoms with van der Waals surface area (Å²) in [6, 6.07) is 2.99. The van der Waals surface area contributed by atoms with Gasteiger partial charge in [-0.2, -0.15) is 16.2 Å². The second-order valence-electron chi connectivity index (χ2n) is 4.77. The molecule has 0 saturated carbocycles. The first-order chi connectivity index (χ1) is 7.66. The number of hydrogen-bond acceptors (Lipinski definition) is 3. The number of fused-ring (bicyclic) bond motifs is 2. The SMILES string of the molecule is OC1(c2ccc(F)nc2)CC2CCC(C1)S2. The van der Waals surface area contributed by atoms with Crippen LogP contribution in [-0.2, 0) is 5.60 Å². The average Bonchev–Trinajstić information content (AvgIpc) is 2.59. The van der Waals surface area contributed by atoms with E-state index in [1.54, 1.807) is 6.07 Å². The summed E-state index contributed by atoms with van der Waals surface area (Å²) in [5.74, 6) is -0.486. The van der Waals surface area contributed by atoms with Crippen LogP contribution in [0.5, 0.6) is 0 Å². The van der Waals surface area contributed by atoms with Crippen LogP contribution in [0.3, 0.4) is 0 Å². The number of thioether (sulfide) groups is 1. The molecular formula is C12H14FNOS. The van der Waals surface area contributed by atoms with Crippen molar-refractivity contribution in [2.45, 2.75) is 41.8 Å². The Bertz CT molecular complexity index is 383. The summed E-state index contributed by atoms with van der Waals surface area (Å²) >= 11 is 2.00. The van der Waals surface area contributed by atoms with Crippen molar-refractivity contribution < 1.29 is 9.50 Å². The summed E-state index contributed by atoms with van der Waals surface area (Å²) in [6.45, 7) is 0. The van der Waals surface area contributed by atoms with E-state index in [1.807, 2.05) is 11.8 Å². The third-order valence-corrected chi connectivity index (χ3v) is 5.17. The highest BCUT2D eigenvalue weighted by Gasteiger charge is 2.44. The number of halogens is 1. The molecule has 2 unspecified atom stereocenters. The van der Waals surface area contributed by atoms with E-state index in [1.165, 1.54) is 25.1 Å². The van der Waals surface area contributed by atoms with Gasteiger partial charge in [0.15, 0.2) is 0 Å². The molecule has 4 heteroatoms. The smallest absolute Gasteiger partial charge is 0.212 e. The Morgan fingerprint density at radius 2 is 2.00 bits per heavy atom. The van der Waals surface area contributed by atoms with E-state index in [9.17, 15) is 9.50 Å². The van der Waals surface area contributed by atoms with Crippen LogP contribution in [0, 0.1) is 5.95 Å². The molecule has 2 aliphatic rings. The maximum absolute atomic E-state index is 12.7. The molecule has 3 heterocycles. The van der Waals surface area contributed by atoms with Gasteiger partial charge in [-0.05, 0) is 31.7 Å². The fourth-order valence-corrected chi connectivity index (χ4v) is 4.64. The quantitative estimate of drug-likeness (QED) is 0.764. The van der Waals surface area contributed by atoms with Crippen molar-refractivity contribution in [3.63, 3.8) is 0 Å². The first-order valence-electron chi connectivity index (χ1n) is 5.66. The van der Waals surface area contributed by atoms with Crippen molar-refractivity contribution in [2.75, 3.05) is 0 Å². The van der Waals surface area contributed by atoms with E-state index < -0.39 is 11.5 Å². The third kappa shape index (κ3) is 1.74. The summed E-state index contributed by atoms with van der Waals surface area (Å²) < 4.78 is 12.7. The fourth-order valence-electron chi connectivity index (χ4n) is 2.80. The van der Waals surface area contributed by atoms with Crippen LogP contribution in [0.15, 0.2) is 18.3 Å². The van der Waals surface area contributed by atoms with E-state index in [-0.39, 0.29) is 0 Å². The molecule has 2 saturated heterocycles. The Hall–Kier alpha value is -0.610. The maximum atomic E-state index is 12.7. The number of aliphatic hydroxyl groups is 1. The van der Waals surface area contributed by atoms with Gasteiger partial charge in [-0.15, -0.1) is 0 Å². The van der Waals surface area contributed by atoms with Gasteiger partial charge in [0.05, 0.1) is 5.60 Å². The zero-order chi connectivity index (χ0) is 11.2. The molecule has 2 nitrogen and oxygen atoms in total. The van der Waals surface area contributed by atoms with Crippen LogP contribution in [0.1, 0.15) is 31.2 Å². The van der Waals surface area contributed by atoms with Gasteiger partial charge in [-0.1, -0.05) is 6.07 Å². The molecular weight excluding hydrogens is 225 g/mol. The summed E-state index contributed by atoms with van der Waals surface area (Å²) in [5, 5.41) is 11.8. The van der Waals surface area contributed by atoms with E-state index >= 15 is 0 Å². The van der Waals surface area contributed by atoms with Crippen molar-refractivity contribution in [3.8, 4) is 0 Å². The first-order valence-corrected chi connectivity index (χ1v) is 6.60. The molecule has 2 fully saturated rings. The van der Waals surface area contributed by atoms with Crippen LogP contribution >= 0.6 is 11.8 Å². The number of rotatable bonds is 1. The highest BCUT2D eigenvalue weighted by atomic mass is 32.2. The average molecular weight is 239 g/mol. The van der Waals surface area contributed by atoms with Gasteiger partial charge in [0, 0.05) is 22.3 Å². The van der Waals surface area contributed by atoms with Crippen molar-refractivity contribution in [1.82, 2.24) is 4.98 Å². The number of aromatic nitrogens is 1. The zero-order valence-corrected chi connectivity index (χ0v) is 9.71. The molecule has 0 amide bonds. The predicted octanol–water partition coefficient (Wildman–Crippen LogP) is 2.47. The van der Waals surface area contributed by atoms with Gasteiger partial charge in [0.1, 0.15) is 0 Å². The molecule has 2 atom stereocenters. The minimum absolute atomic E-state index is 0.486. The van der Waals surface area contributed by atoms with E-state index in [2.05, 4.69) is 4.98 Å². The summed E-state index contributed by atoms with van der Waals surface area (Å²) in [5.41, 5.74) is -0.0104. The molecule has 0 radical (unpaired) electrons. The number of nitrogens with zero attached hydrogens (tertiary/aromatic N) is 1. The predicted molar refractivity (Wildman–Crippen MR) is 61.7 cm³/mol. The Balaban J connectivity index is 1.90. The molecule has 0 aliphatic carbocycles. The Labute approximate surface area is 98.3 Å². The minimum atomic E-state index is -0.780.